The SMILES string of the molecule is COCCC(OC)(C(=N)N)C(=N)N.Cl. The van der Waals surface area contributed by atoms with E-state index >= 15 is 0 Å². The zero-order valence-corrected chi connectivity index (χ0v) is 9.11. The number of nitrogens with two attached hydrogens (primary N) is 2. The number of amidine groups is 2. The van der Waals surface area contributed by atoms with Crippen LogP contribution in [0.15, 0.2) is 0 Å². The Morgan fingerprint density at radius 3 is 1.86 bits per heavy atom. The van der Waals surface area contributed by atoms with Crippen molar-refractivity contribution in [3.63, 3.8) is 0 Å². The van der Waals surface area contributed by atoms with E-state index in [-0.39, 0.29) is 30.5 Å². The smallest absolute Gasteiger partial charge is 0.182 e. The summed E-state index contributed by atoms with van der Waals surface area (Å²) in [4.78, 5) is 0. The van der Waals surface area contributed by atoms with Gasteiger partial charge in [0.05, 0.1) is 0 Å². The van der Waals surface area contributed by atoms with Gasteiger partial charge in [-0.3, -0.25) is 10.8 Å². The summed E-state index contributed by atoms with van der Waals surface area (Å²) in [6.45, 7) is 0.326. The van der Waals surface area contributed by atoms with Crippen molar-refractivity contribution < 1.29 is 9.47 Å². The lowest BCUT2D eigenvalue weighted by atomic mass is 9.97. The summed E-state index contributed by atoms with van der Waals surface area (Å²) in [5.74, 6) is -0.556. The lowest BCUT2D eigenvalue weighted by molar-refractivity contribution is 0.0670. The Balaban J connectivity index is 0. The molecule has 0 fully saturated rings. The average molecular weight is 225 g/mol. The van der Waals surface area contributed by atoms with Gasteiger partial charge >= 0.3 is 0 Å². The highest BCUT2D eigenvalue weighted by atomic mass is 35.5. The van der Waals surface area contributed by atoms with Gasteiger partial charge in [-0.15, -0.1) is 12.4 Å². The number of hydrogen-bond donors (Lipinski definition) is 4. The van der Waals surface area contributed by atoms with Crippen molar-refractivity contribution in [2.24, 2.45) is 11.5 Å². The molecule has 84 valence electrons. The molecule has 14 heavy (non-hydrogen) atoms. The second-order valence-corrected chi connectivity index (χ2v) is 2.60. The molecule has 0 aliphatic carbocycles. The standard InChI is InChI=1S/C7H16N4O2.ClH/c1-12-4-3-7(13-2,5(8)9)6(10)11;/h3-4H2,1-2H3,(H3,8,9)(H3,10,11);1H. The maximum absolute atomic E-state index is 7.28. The Morgan fingerprint density at radius 1 is 1.21 bits per heavy atom. The number of nitrogens with one attached hydrogen (secondary N) is 2. The number of methoxy groups -OCH3 is 2. The molecule has 0 aliphatic rings. The maximum atomic E-state index is 7.28. The van der Waals surface area contributed by atoms with Crippen LogP contribution in [0.5, 0.6) is 0 Å². The quantitative estimate of drug-likeness (QED) is 0.366. The van der Waals surface area contributed by atoms with Crippen LogP contribution in [0, 0.1) is 10.8 Å². The van der Waals surface area contributed by atoms with Gasteiger partial charge in [-0.2, -0.15) is 0 Å². The second-order valence-electron chi connectivity index (χ2n) is 2.60. The van der Waals surface area contributed by atoms with Crippen molar-refractivity contribution in [1.29, 1.82) is 10.8 Å². The van der Waals surface area contributed by atoms with Crippen LogP contribution in [-0.4, -0.2) is 38.1 Å². The maximum Gasteiger partial charge on any atom is 0.182 e. The van der Waals surface area contributed by atoms with E-state index < -0.39 is 5.60 Å². The van der Waals surface area contributed by atoms with Crippen molar-refractivity contribution in [3.8, 4) is 0 Å². The Bertz CT molecular complexity index is 196. The molecule has 6 nitrogen and oxygen atoms in total. The fourth-order valence-corrected chi connectivity index (χ4v) is 0.982. The zero-order chi connectivity index (χ0) is 10.5. The van der Waals surface area contributed by atoms with Gasteiger partial charge in [0, 0.05) is 27.2 Å². The van der Waals surface area contributed by atoms with Crippen LogP contribution in [0.4, 0.5) is 0 Å². The molecule has 0 spiro atoms. The van der Waals surface area contributed by atoms with Crippen molar-refractivity contribution >= 4 is 24.1 Å². The van der Waals surface area contributed by atoms with Crippen LogP contribution in [0.1, 0.15) is 6.42 Å². The highest BCUT2D eigenvalue weighted by Crippen LogP contribution is 2.14. The van der Waals surface area contributed by atoms with Crippen molar-refractivity contribution in [1.82, 2.24) is 0 Å². The zero-order valence-electron chi connectivity index (χ0n) is 8.29. The molecule has 0 saturated heterocycles. The van der Waals surface area contributed by atoms with Gasteiger partial charge in [-0.25, -0.2) is 0 Å². The number of hydrogen-bond acceptors (Lipinski definition) is 4. The van der Waals surface area contributed by atoms with Crippen molar-refractivity contribution in [3.05, 3.63) is 0 Å². The minimum absolute atomic E-state index is 0. The summed E-state index contributed by atoms with van der Waals surface area (Å²) >= 11 is 0. The van der Waals surface area contributed by atoms with Crippen LogP contribution in [-0.2, 0) is 9.47 Å². The highest BCUT2D eigenvalue weighted by Gasteiger charge is 2.37. The first-order valence-electron chi connectivity index (χ1n) is 3.74. The third-order valence-electron chi connectivity index (χ3n) is 1.88. The van der Waals surface area contributed by atoms with Crippen molar-refractivity contribution in [2.75, 3.05) is 20.8 Å². The highest BCUT2D eigenvalue weighted by molar-refractivity contribution is 6.09. The van der Waals surface area contributed by atoms with Gasteiger partial charge in [0.1, 0.15) is 11.7 Å². The lowest BCUT2D eigenvalue weighted by Crippen LogP contribution is -2.55. The Hall–Kier alpha value is -0.850. The second kappa shape index (κ2) is 6.58. The minimum atomic E-state index is -1.31. The Morgan fingerprint density at radius 2 is 1.64 bits per heavy atom. The molecule has 0 rings (SSSR count). The summed E-state index contributed by atoms with van der Waals surface area (Å²) in [5, 5.41) is 14.6. The van der Waals surface area contributed by atoms with E-state index in [4.69, 9.17) is 31.8 Å². The largest absolute Gasteiger partial charge is 0.385 e. The van der Waals surface area contributed by atoms with E-state index in [0.29, 0.717) is 6.61 Å². The fourth-order valence-electron chi connectivity index (χ4n) is 0.982. The molecule has 0 aromatic rings. The molecule has 0 bridgehead atoms. The van der Waals surface area contributed by atoms with Crippen LogP contribution in [0.25, 0.3) is 0 Å². The van der Waals surface area contributed by atoms with E-state index in [0.717, 1.165) is 0 Å². The molecule has 0 aromatic carbocycles. The number of ether oxygens (including phenoxy) is 2. The molecular weight excluding hydrogens is 208 g/mol. The number of halogens is 1. The normalized spacial score (nSPS) is 13.9. The van der Waals surface area contributed by atoms with Gasteiger partial charge in [0.2, 0.25) is 0 Å². The third-order valence-corrected chi connectivity index (χ3v) is 1.88. The first kappa shape index (κ1) is 15.6. The summed E-state index contributed by atoms with van der Waals surface area (Å²) in [6.07, 6.45) is 0.269. The molecule has 0 atom stereocenters. The minimum Gasteiger partial charge on any atom is -0.385 e. The van der Waals surface area contributed by atoms with Crippen LogP contribution in [0.2, 0.25) is 0 Å². The molecule has 0 aliphatic heterocycles. The average Bonchev–Trinajstić information content (AvgIpc) is 2.05. The molecule has 0 aromatic heterocycles. The van der Waals surface area contributed by atoms with E-state index in [1.807, 2.05) is 0 Å². The third kappa shape index (κ3) is 3.13. The molecule has 0 unspecified atom stereocenters. The first-order chi connectivity index (χ1) is 6.01. The topological polar surface area (TPSA) is 118 Å². The monoisotopic (exact) mass is 224 g/mol. The van der Waals surface area contributed by atoms with E-state index in [2.05, 4.69) is 0 Å². The van der Waals surface area contributed by atoms with Crippen LogP contribution < -0.4 is 11.5 Å². The molecule has 7 heteroatoms. The van der Waals surface area contributed by atoms with Gasteiger partial charge in [-0.1, -0.05) is 0 Å². The van der Waals surface area contributed by atoms with Gasteiger partial charge in [-0.05, 0) is 0 Å². The van der Waals surface area contributed by atoms with E-state index in [9.17, 15) is 0 Å². The molecular formula is C7H17ClN4O2. The van der Waals surface area contributed by atoms with Crippen LogP contribution >= 0.6 is 12.4 Å². The molecule has 0 radical (unpaired) electrons. The van der Waals surface area contributed by atoms with E-state index in [1.165, 1.54) is 14.2 Å². The predicted molar refractivity (Wildman–Crippen MR) is 57.3 cm³/mol. The fraction of sp³-hybridized carbons (Fsp3) is 0.714. The van der Waals surface area contributed by atoms with E-state index in [1.54, 1.807) is 0 Å². The van der Waals surface area contributed by atoms with Crippen LogP contribution in [0.3, 0.4) is 0 Å². The Kier molecular flexibility index (Phi) is 7.34. The lowest BCUT2D eigenvalue weighted by Gasteiger charge is -2.29. The van der Waals surface area contributed by atoms with Gasteiger partial charge < -0.3 is 20.9 Å². The summed E-state index contributed by atoms with van der Waals surface area (Å²) < 4.78 is 9.80. The van der Waals surface area contributed by atoms with Gasteiger partial charge in [0.15, 0.2) is 5.60 Å². The predicted octanol–water partition coefficient (Wildman–Crippen LogP) is -0.298. The van der Waals surface area contributed by atoms with Gasteiger partial charge in [0.25, 0.3) is 0 Å². The summed E-state index contributed by atoms with van der Waals surface area (Å²) in [7, 11) is 2.87. The number of rotatable bonds is 6. The summed E-state index contributed by atoms with van der Waals surface area (Å²) in [5.41, 5.74) is 9.30. The molecule has 6 N–H and O–H groups in total. The first-order valence-corrected chi connectivity index (χ1v) is 3.74. The molecule has 0 heterocycles. The molecule has 0 amide bonds. The molecule has 0 saturated carbocycles. The van der Waals surface area contributed by atoms with Crippen molar-refractivity contribution in [2.45, 2.75) is 12.0 Å². The summed E-state index contributed by atoms with van der Waals surface area (Å²) in [6, 6.07) is 0. The Labute approximate surface area is 89.4 Å².